The van der Waals surface area contributed by atoms with E-state index in [-0.39, 0.29) is 0 Å². The Morgan fingerprint density at radius 1 is 0.706 bits per heavy atom. The van der Waals surface area contributed by atoms with E-state index in [1.807, 2.05) is 0 Å². The number of ether oxygens (including phenoxy) is 1. The molecular weight excluding hydrogens is 216 g/mol. The summed E-state index contributed by atoms with van der Waals surface area (Å²) < 4.78 is 6.10. The maximum atomic E-state index is 6.10. The topological polar surface area (TPSA) is 27.7 Å². The summed E-state index contributed by atoms with van der Waals surface area (Å²) >= 11 is 0. The standard InChI is InChI=1S/C14H24O3/c1-4-10-14(11-5-1,15-12-8-9-12)17-16-13-6-2-3-7-13/h12-13H,1-11H2. The zero-order valence-corrected chi connectivity index (χ0v) is 10.7. The molecule has 0 aliphatic heterocycles. The fourth-order valence-electron chi connectivity index (χ4n) is 2.94. The van der Waals surface area contributed by atoms with E-state index in [4.69, 9.17) is 14.5 Å². The maximum Gasteiger partial charge on any atom is 0.201 e. The summed E-state index contributed by atoms with van der Waals surface area (Å²) in [5.41, 5.74) is 0. The summed E-state index contributed by atoms with van der Waals surface area (Å²) in [6, 6.07) is 0. The molecule has 0 radical (unpaired) electrons. The van der Waals surface area contributed by atoms with Gasteiger partial charge in [0.15, 0.2) is 0 Å². The highest BCUT2D eigenvalue weighted by atomic mass is 17.2. The van der Waals surface area contributed by atoms with Gasteiger partial charge in [0.2, 0.25) is 5.79 Å². The van der Waals surface area contributed by atoms with Crippen molar-refractivity contribution in [3.05, 3.63) is 0 Å². The second-order valence-corrected chi connectivity index (χ2v) is 5.87. The van der Waals surface area contributed by atoms with Crippen molar-refractivity contribution >= 4 is 0 Å². The van der Waals surface area contributed by atoms with Crippen LogP contribution in [-0.2, 0) is 14.5 Å². The number of hydrogen-bond donors (Lipinski definition) is 0. The van der Waals surface area contributed by atoms with Gasteiger partial charge in [-0.25, -0.2) is 9.78 Å². The van der Waals surface area contributed by atoms with Gasteiger partial charge in [-0.2, -0.15) is 0 Å². The Morgan fingerprint density at radius 3 is 2.06 bits per heavy atom. The second kappa shape index (κ2) is 5.25. The quantitative estimate of drug-likeness (QED) is 0.416. The van der Waals surface area contributed by atoms with E-state index in [9.17, 15) is 0 Å². The molecule has 0 heterocycles. The Hall–Kier alpha value is -0.120. The van der Waals surface area contributed by atoms with E-state index < -0.39 is 5.79 Å². The molecule has 0 saturated heterocycles. The third-order valence-electron chi connectivity index (χ3n) is 4.16. The van der Waals surface area contributed by atoms with Gasteiger partial charge in [0.25, 0.3) is 0 Å². The van der Waals surface area contributed by atoms with Crippen LogP contribution in [0.5, 0.6) is 0 Å². The molecule has 17 heavy (non-hydrogen) atoms. The lowest BCUT2D eigenvalue weighted by Gasteiger charge is -2.36. The van der Waals surface area contributed by atoms with Crippen molar-refractivity contribution in [3.8, 4) is 0 Å². The normalized spacial score (nSPS) is 29.6. The summed E-state index contributed by atoms with van der Waals surface area (Å²) in [7, 11) is 0. The van der Waals surface area contributed by atoms with Gasteiger partial charge in [0.05, 0.1) is 12.2 Å². The van der Waals surface area contributed by atoms with Gasteiger partial charge >= 0.3 is 0 Å². The molecule has 3 rings (SSSR count). The van der Waals surface area contributed by atoms with Gasteiger partial charge in [-0.3, -0.25) is 0 Å². The minimum Gasteiger partial charge on any atom is -0.344 e. The zero-order valence-electron chi connectivity index (χ0n) is 10.7. The highest BCUT2D eigenvalue weighted by Gasteiger charge is 2.41. The van der Waals surface area contributed by atoms with Crippen LogP contribution in [0.4, 0.5) is 0 Å². The van der Waals surface area contributed by atoms with Crippen molar-refractivity contribution < 1.29 is 14.5 Å². The summed E-state index contributed by atoms with van der Waals surface area (Å²) in [5.74, 6) is -0.401. The smallest absolute Gasteiger partial charge is 0.201 e. The van der Waals surface area contributed by atoms with Crippen LogP contribution in [-0.4, -0.2) is 18.0 Å². The first kappa shape index (κ1) is 11.9. The van der Waals surface area contributed by atoms with Crippen LogP contribution < -0.4 is 0 Å². The van der Waals surface area contributed by atoms with Gasteiger partial charge in [-0.05, 0) is 38.5 Å². The van der Waals surface area contributed by atoms with Crippen molar-refractivity contribution in [2.24, 2.45) is 0 Å². The van der Waals surface area contributed by atoms with E-state index in [0.29, 0.717) is 12.2 Å². The average Bonchev–Trinajstić information content (AvgIpc) is 3.00. The lowest BCUT2D eigenvalue weighted by Crippen LogP contribution is -2.40. The van der Waals surface area contributed by atoms with E-state index in [0.717, 1.165) is 25.7 Å². The Balaban J connectivity index is 1.53. The molecule has 98 valence electrons. The zero-order chi connectivity index (χ0) is 11.6. The molecule has 0 aromatic carbocycles. The summed E-state index contributed by atoms with van der Waals surface area (Å²) in [6.45, 7) is 0. The molecule has 3 saturated carbocycles. The minimum absolute atomic E-state index is 0.316. The molecule has 0 atom stereocenters. The third-order valence-corrected chi connectivity index (χ3v) is 4.16. The highest BCUT2D eigenvalue weighted by molar-refractivity contribution is 4.82. The van der Waals surface area contributed by atoms with E-state index in [1.165, 1.54) is 44.9 Å². The Kier molecular flexibility index (Phi) is 3.69. The van der Waals surface area contributed by atoms with Crippen LogP contribution in [0.1, 0.15) is 70.6 Å². The molecule has 0 amide bonds. The minimum atomic E-state index is -0.401. The fraction of sp³-hybridized carbons (Fsp3) is 1.00. The van der Waals surface area contributed by atoms with Crippen LogP contribution in [0.15, 0.2) is 0 Å². The SMILES string of the molecule is C1CCC(OOC2CCCC2)(OC2CC2)CC1. The molecule has 3 nitrogen and oxygen atoms in total. The molecule has 3 aliphatic rings. The van der Waals surface area contributed by atoms with Crippen LogP contribution >= 0.6 is 0 Å². The third kappa shape index (κ3) is 3.21. The molecule has 0 aromatic heterocycles. The van der Waals surface area contributed by atoms with Gasteiger partial charge in [0, 0.05) is 12.8 Å². The van der Waals surface area contributed by atoms with Crippen molar-refractivity contribution in [2.45, 2.75) is 88.6 Å². The molecule has 3 heteroatoms. The molecule has 0 unspecified atom stereocenters. The Labute approximate surface area is 104 Å². The molecule has 0 bridgehead atoms. The molecule has 0 spiro atoms. The van der Waals surface area contributed by atoms with Gasteiger partial charge < -0.3 is 4.74 Å². The predicted octanol–water partition coefficient (Wildman–Crippen LogP) is 3.72. The molecule has 0 N–H and O–H groups in total. The summed E-state index contributed by atoms with van der Waals surface area (Å²) in [5, 5.41) is 0. The molecule has 3 aliphatic carbocycles. The lowest BCUT2D eigenvalue weighted by molar-refractivity contribution is -0.452. The van der Waals surface area contributed by atoms with Crippen LogP contribution in [0.25, 0.3) is 0 Å². The van der Waals surface area contributed by atoms with E-state index in [2.05, 4.69) is 0 Å². The molecule has 3 fully saturated rings. The summed E-state index contributed by atoms with van der Waals surface area (Å²) in [6.07, 6.45) is 13.8. The highest BCUT2D eigenvalue weighted by Crippen LogP contribution is 2.39. The Bertz CT molecular complexity index is 238. The first-order valence-corrected chi connectivity index (χ1v) is 7.39. The largest absolute Gasteiger partial charge is 0.344 e. The van der Waals surface area contributed by atoms with Crippen LogP contribution in [0.2, 0.25) is 0 Å². The second-order valence-electron chi connectivity index (χ2n) is 5.87. The Morgan fingerprint density at radius 2 is 1.41 bits per heavy atom. The predicted molar refractivity (Wildman–Crippen MR) is 64.3 cm³/mol. The lowest BCUT2D eigenvalue weighted by atomic mass is 9.94. The van der Waals surface area contributed by atoms with Gasteiger partial charge in [-0.1, -0.05) is 19.3 Å². The van der Waals surface area contributed by atoms with E-state index >= 15 is 0 Å². The number of hydrogen-bond acceptors (Lipinski definition) is 3. The number of rotatable bonds is 5. The van der Waals surface area contributed by atoms with Crippen molar-refractivity contribution in [2.75, 3.05) is 0 Å². The van der Waals surface area contributed by atoms with Crippen LogP contribution in [0, 0.1) is 0 Å². The first-order valence-electron chi connectivity index (χ1n) is 7.39. The monoisotopic (exact) mass is 240 g/mol. The van der Waals surface area contributed by atoms with Gasteiger partial charge in [0.1, 0.15) is 0 Å². The molecular formula is C14H24O3. The molecule has 0 aromatic rings. The van der Waals surface area contributed by atoms with Crippen molar-refractivity contribution in [1.29, 1.82) is 0 Å². The van der Waals surface area contributed by atoms with Crippen LogP contribution in [0.3, 0.4) is 0 Å². The van der Waals surface area contributed by atoms with Crippen molar-refractivity contribution in [3.63, 3.8) is 0 Å². The fourth-order valence-corrected chi connectivity index (χ4v) is 2.94. The summed E-state index contributed by atoms with van der Waals surface area (Å²) in [4.78, 5) is 11.4. The first-order chi connectivity index (χ1) is 8.36. The van der Waals surface area contributed by atoms with Crippen molar-refractivity contribution in [1.82, 2.24) is 0 Å². The average molecular weight is 240 g/mol. The maximum absolute atomic E-state index is 6.10. The van der Waals surface area contributed by atoms with E-state index in [1.54, 1.807) is 0 Å². The van der Waals surface area contributed by atoms with Gasteiger partial charge in [-0.15, -0.1) is 0 Å².